The molecule has 2 rings (SSSR count). The highest BCUT2D eigenvalue weighted by atomic mass is 19.2. The molecule has 3 N–H and O–H groups in total. The Kier molecular flexibility index (Phi) is 3.87. The maximum Gasteiger partial charge on any atom is 0.159 e. The molecule has 2 aromatic rings. The van der Waals surface area contributed by atoms with E-state index in [-0.39, 0.29) is 0 Å². The SMILES string of the molecule is Cc1ccc(F)cc1C(NN)c1ccc(F)c(F)c1. The van der Waals surface area contributed by atoms with Gasteiger partial charge in [0.05, 0.1) is 6.04 Å². The molecule has 5 heteroatoms. The molecule has 0 aliphatic rings. The average molecular weight is 266 g/mol. The molecular formula is C14H13F3N2. The molecule has 0 saturated heterocycles. The van der Waals surface area contributed by atoms with Crippen LogP contribution in [0.2, 0.25) is 0 Å². The number of rotatable bonds is 3. The van der Waals surface area contributed by atoms with Crippen LogP contribution in [-0.4, -0.2) is 0 Å². The topological polar surface area (TPSA) is 38.0 Å². The van der Waals surface area contributed by atoms with Gasteiger partial charge in [-0.2, -0.15) is 0 Å². The lowest BCUT2D eigenvalue weighted by Gasteiger charge is -2.19. The number of hydrogen-bond acceptors (Lipinski definition) is 2. The molecule has 0 bridgehead atoms. The summed E-state index contributed by atoms with van der Waals surface area (Å²) in [6.45, 7) is 1.79. The first kappa shape index (κ1) is 13.6. The Hall–Kier alpha value is -1.85. The summed E-state index contributed by atoms with van der Waals surface area (Å²) in [6.07, 6.45) is 0. The van der Waals surface area contributed by atoms with Gasteiger partial charge in [-0.15, -0.1) is 0 Å². The van der Waals surface area contributed by atoms with Crippen LogP contribution < -0.4 is 11.3 Å². The molecule has 19 heavy (non-hydrogen) atoms. The highest BCUT2D eigenvalue weighted by molar-refractivity contribution is 5.37. The van der Waals surface area contributed by atoms with Gasteiger partial charge in [-0.05, 0) is 47.9 Å². The van der Waals surface area contributed by atoms with Gasteiger partial charge < -0.3 is 0 Å². The Bertz CT molecular complexity index is 599. The van der Waals surface area contributed by atoms with Crippen molar-refractivity contribution in [1.29, 1.82) is 0 Å². The van der Waals surface area contributed by atoms with E-state index in [4.69, 9.17) is 5.84 Å². The molecule has 2 aromatic carbocycles. The van der Waals surface area contributed by atoms with Crippen molar-refractivity contribution >= 4 is 0 Å². The van der Waals surface area contributed by atoms with Crippen LogP contribution >= 0.6 is 0 Å². The van der Waals surface area contributed by atoms with Crippen LogP contribution in [0.3, 0.4) is 0 Å². The zero-order chi connectivity index (χ0) is 14.0. The third kappa shape index (κ3) is 2.77. The summed E-state index contributed by atoms with van der Waals surface area (Å²) >= 11 is 0. The number of nitrogens with one attached hydrogen (secondary N) is 1. The van der Waals surface area contributed by atoms with Crippen molar-refractivity contribution in [3.63, 3.8) is 0 Å². The van der Waals surface area contributed by atoms with Gasteiger partial charge in [-0.25, -0.2) is 18.6 Å². The molecule has 0 heterocycles. The van der Waals surface area contributed by atoms with Crippen LogP contribution in [-0.2, 0) is 0 Å². The monoisotopic (exact) mass is 266 g/mol. The molecule has 0 radical (unpaired) electrons. The second-order valence-electron chi connectivity index (χ2n) is 4.27. The number of aryl methyl sites for hydroxylation is 1. The normalized spacial score (nSPS) is 12.5. The quantitative estimate of drug-likeness (QED) is 0.662. The largest absolute Gasteiger partial charge is 0.271 e. The third-order valence-corrected chi connectivity index (χ3v) is 3.00. The van der Waals surface area contributed by atoms with E-state index in [1.165, 1.54) is 18.2 Å². The second kappa shape index (κ2) is 5.42. The molecule has 0 saturated carbocycles. The summed E-state index contributed by atoms with van der Waals surface area (Å²) in [5.41, 5.74) is 4.30. The number of hydrazine groups is 1. The molecular weight excluding hydrogens is 253 g/mol. The smallest absolute Gasteiger partial charge is 0.159 e. The molecule has 0 aliphatic carbocycles. The summed E-state index contributed by atoms with van der Waals surface area (Å²) in [5.74, 6) is 3.14. The zero-order valence-corrected chi connectivity index (χ0v) is 10.3. The van der Waals surface area contributed by atoms with Crippen molar-refractivity contribution in [2.75, 3.05) is 0 Å². The first-order valence-corrected chi connectivity index (χ1v) is 5.70. The first-order chi connectivity index (χ1) is 9.02. The Labute approximate surface area is 109 Å². The minimum absolute atomic E-state index is 0.413. The highest BCUT2D eigenvalue weighted by Gasteiger charge is 2.17. The van der Waals surface area contributed by atoms with E-state index >= 15 is 0 Å². The predicted octanol–water partition coefficient (Wildman–Crippen LogP) is 2.97. The number of nitrogens with two attached hydrogens (primary N) is 1. The summed E-state index contributed by atoms with van der Waals surface area (Å²) in [6, 6.07) is 7.13. The molecule has 1 atom stereocenters. The van der Waals surface area contributed by atoms with Gasteiger partial charge in [0.15, 0.2) is 11.6 Å². The summed E-state index contributed by atoms with van der Waals surface area (Å²) in [4.78, 5) is 0. The van der Waals surface area contributed by atoms with E-state index in [0.717, 1.165) is 17.7 Å². The van der Waals surface area contributed by atoms with Crippen molar-refractivity contribution in [2.24, 2.45) is 5.84 Å². The van der Waals surface area contributed by atoms with Crippen LogP contribution in [0.15, 0.2) is 36.4 Å². The summed E-state index contributed by atoms with van der Waals surface area (Å²) < 4.78 is 39.5. The minimum atomic E-state index is -0.966. The molecule has 0 fully saturated rings. The van der Waals surface area contributed by atoms with Gasteiger partial charge in [0.2, 0.25) is 0 Å². The fourth-order valence-electron chi connectivity index (χ4n) is 1.98. The summed E-state index contributed by atoms with van der Waals surface area (Å²) in [5, 5.41) is 0. The molecule has 0 amide bonds. The Balaban J connectivity index is 2.49. The van der Waals surface area contributed by atoms with Gasteiger partial charge in [-0.1, -0.05) is 12.1 Å². The van der Waals surface area contributed by atoms with Crippen LogP contribution in [0.4, 0.5) is 13.2 Å². The van der Waals surface area contributed by atoms with E-state index in [9.17, 15) is 13.2 Å². The van der Waals surface area contributed by atoms with Crippen LogP contribution in [0.1, 0.15) is 22.7 Å². The van der Waals surface area contributed by atoms with Crippen LogP contribution in [0.25, 0.3) is 0 Å². The molecule has 0 aliphatic heterocycles. The maximum absolute atomic E-state index is 13.3. The highest BCUT2D eigenvalue weighted by Crippen LogP contribution is 2.26. The van der Waals surface area contributed by atoms with Crippen molar-refractivity contribution < 1.29 is 13.2 Å². The number of benzene rings is 2. The lowest BCUT2D eigenvalue weighted by atomic mass is 9.95. The fraction of sp³-hybridized carbons (Fsp3) is 0.143. The van der Waals surface area contributed by atoms with Crippen LogP contribution in [0.5, 0.6) is 0 Å². The van der Waals surface area contributed by atoms with Crippen molar-refractivity contribution in [2.45, 2.75) is 13.0 Å². The number of halogens is 3. The predicted molar refractivity (Wildman–Crippen MR) is 66.7 cm³/mol. The van der Waals surface area contributed by atoms with E-state index < -0.39 is 23.5 Å². The molecule has 2 nitrogen and oxygen atoms in total. The Morgan fingerprint density at radius 2 is 1.74 bits per heavy atom. The van der Waals surface area contributed by atoms with E-state index in [1.54, 1.807) is 13.0 Å². The van der Waals surface area contributed by atoms with Gasteiger partial charge in [0.1, 0.15) is 5.82 Å². The van der Waals surface area contributed by atoms with Crippen molar-refractivity contribution in [3.05, 3.63) is 70.5 Å². The van der Waals surface area contributed by atoms with Gasteiger partial charge in [0, 0.05) is 0 Å². The van der Waals surface area contributed by atoms with E-state index in [1.807, 2.05) is 0 Å². The van der Waals surface area contributed by atoms with Crippen molar-refractivity contribution in [3.8, 4) is 0 Å². The minimum Gasteiger partial charge on any atom is -0.271 e. The molecule has 100 valence electrons. The Morgan fingerprint density at radius 1 is 1.00 bits per heavy atom. The standard InChI is InChI=1S/C14H13F3N2/c1-8-2-4-10(15)7-11(8)14(19-18)9-3-5-12(16)13(17)6-9/h2-7,14,19H,18H2,1H3. The van der Waals surface area contributed by atoms with E-state index in [2.05, 4.69) is 5.43 Å². The van der Waals surface area contributed by atoms with Crippen molar-refractivity contribution in [1.82, 2.24) is 5.43 Å². The molecule has 0 aromatic heterocycles. The second-order valence-corrected chi connectivity index (χ2v) is 4.27. The maximum atomic E-state index is 13.3. The van der Waals surface area contributed by atoms with E-state index in [0.29, 0.717) is 11.1 Å². The Morgan fingerprint density at radius 3 is 2.37 bits per heavy atom. The molecule has 0 spiro atoms. The van der Waals surface area contributed by atoms with Gasteiger partial charge in [0.25, 0.3) is 0 Å². The molecule has 1 unspecified atom stereocenters. The lowest BCUT2D eigenvalue weighted by molar-refractivity contribution is 0.503. The van der Waals surface area contributed by atoms with Gasteiger partial charge >= 0.3 is 0 Å². The first-order valence-electron chi connectivity index (χ1n) is 5.70. The van der Waals surface area contributed by atoms with Gasteiger partial charge in [-0.3, -0.25) is 5.84 Å². The number of hydrogen-bond donors (Lipinski definition) is 2. The zero-order valence-electron chi connectivity index (χ0n) is 10.3. The summed E-state index contributed by atoms with van der Waals surface area (Å²) in [7, 11) is 0. The lowest BCUT2D eigenvalue weighted by Crippen LogP contribution is -2.29. The fourth-order valence-corrected chi connectivity index (χ4v) is 1.98. The van der Waals surface area contributed by atoms with Crippen LogP contribution in [0, 0.1) is 24.4 Å². The third-order valence-electron chi connectivity index (χ3n) is 3.00. The average Bonchev–Trinajstić information content (AvgIpc) is 2.38.